The highest BCUT2D eigenvalue weighted by atomic mass is 16.5. The summed E-state index contributed by atoms with van der Waals surface area (Å²) in [5.74, 6) is 1.61. The van der Waals surface area contributed by atoms with Crippen LogP contribution in [-0.4, -0.2) is 23.8 Å². The maximum Gasteiger partial charge on any atom is 0.312 e. The van der Waals surface area contributed by atoms with Crippen LogP contribution in [0.15, 0.2) is 11.6 Å². The van der Waals surface area contributed by atoms with Crippen LogP contribution in [0.4, 0.5) is 0 Å². The molecule has 0 aromatic carbocycles. The second-order valence-corrected chi connectivity index (χ2v) is 15.5. The molecule has 0 aromatic rings. The van der Waals surface area contributed by atoms with Crippen LogP contribution in [0, 0.1) is 50.2 Å². The van der Waals surface area contributed by atoms with Gasteiger partial charge in [-0.1, -0.05) is 60.1 Å². The summed E-state index contributed by atoms with van der Waals surface area (Å²) in [5, 5.41) is 10.9. The minimum Gasteiger partial charge on any atom is -0.466 e. The van der Waals surface area contributed by atoms with Gasteiger partial charge in [-0.05, 0) is 116 Å². The van der Waals surface area contributed by atoms with Crippen molar-refractivity contribution in [2.24, 2.45) is 50.2 Å². The molecular formula is C32H52O3. The van der Waals surface area contributed by atoms with Gasteiger partial charge in [0.15, 0.2) is 0 Å². The van der Waals surface area contributed by atoms with Crippen molar-refractivity contribution in [1.82, 2.24) is 0 Å². The van der Waals surface area contributed by atoms with Crippen LogP contribution in [-0.2, 0) is 9.53 Å². The van der Waals surface area contributed by atoms with Gasteiger partial charge in [0.05, 0.1) is 18.1 Å². The third-order valence-electron chi connectivity index (χ3n) is 13.3. The molecule has 0 bridgehead atoms. The Morgan fingerprint density at radius 2 is 1.63 bits per heavy atom. The molecule has 5 rings (SSSR count). The molecule has 0 radical (unpaired) electrons. The number of ether oxygens (including phenoxy) is 1. The molecule has 3 nitrogen and oxygen atoms in total. The number of hydrogen-bond donors (Lipinski definition) is 1. The minimum atomic E-state index is -0.321. The molecule has 5 aliphatic carbocycles. The number of carbonyl (C=O) groups excluding carboxylic acids is 1. The van der Waals surface area contributed by atoms with E-state index in [0.717, 1.165) is 51.4 Å². The van der Waals surface area contributed by atoms with Crippen LogP contribution >= 0.6 is 0 Å². The van der Waals surface area contributed by atoms with Gasteiger partial charge < -0.3 is 9.84 Å². The van der Waals surface area contributed by atoms with Gasteiger partial charge in [0.1, 0.15) is 0 Å². The van der Waals surface area contributed by atoms with E-state index in [9.17, 15) is 9.90 Å². The van der Waals surface area contributed by atoms with E-state index < -0.39 is 0 Å². The van der Waals surface area contributed by atoms with E-state index in [1.807, 2.05) is 6.92 Å². The first kappa shape index (κ1) is 25.8. The molecule has 35 heavy (non-hydrogen) atoms. The Kier molecular flexibility index (Phi) is 5.78. The fourth-order valence-electron chi connectivity index (χ4n) is 10.9. The third kappa shape index (κ3) is 3.28. The van der Waals surface area contributed by atoms with Gasteiger partial charge in [-0.15, -0.1) is 0 Å². The first-order chi connectivity index (χ1) is 16.2. The third-order valence-corrected chi connectivity index (χ3v) is 13.3. The van der Waals surface area contributed by atoms with Crippen molar-refractivity contribution in [2.75, 3.05) is 6.61 Å². The molecule has 0 aromatic heterocycles. The van der Waals surface area contributed by atoms with Crippen LogP contribution in [0.5, 0.6) is 0 Å². The number of aliphatic hydroxyl groups excluding tert-OH is 1. The van der Waals surface area contributed by atoms with E-state index in [4.69, 9.17) is 4.74 Å². The smallest absolute Gasteiger partial charge is 0.312 e. The van der Waals surface area contributed by atoms with Crippen molar-refractivity contribution < 1.29 is 14.6 Å². The number of fused-ring (bicyclic) bond motifs is 7. The van der Waals surface area contributed by atoms with Gasteiger partial charge in [0, 0.05) is 0 Å². The van der Waals surface area contributed by atoms with Crippen LogP contribution in [0.3, 0.4) is 0 Å². The van der Waals surface area contributed by atoms with Crippen molar-refractivity contribution >= 4 is 5.97 Å². The zero-order valence-electron chi connectivity index (χ0n) is 23.9. The van der Waals surface area contributed by atoms with Gasteiger partial charge in [-0.3, -0.25) is 4.79 Å². The van der Waals surface area contributed by atoms with E-state index in [-0.39, 0.29) is 44.6 Å². The monoisotopic (exact) mass is 484 g/mol. The van der Waals surface area contributed by atoms with E-state index in [1.54, 1.807) is 5.57 Å². The standard InChI is InChI=1S/C32H52O3/c1-9-35-26(34)32-18-16-27(2,3)20-22(32)21-10-11-24-29(6)14-13-25(33)28(4,5)23(29)12-15-31(24,8)30(21,7)17-19-32/h10,22-25,33H,9,11-20H2,1-8H3/t22-,23?,24?,25-,29-,30+,31+,32-/m0/s1. The second-order valence-electron chi connectivity index (χ2n) is 15.5. The van der Waals surface area contributed by atoms with Gasteiger partial charge in [-0.2, -0.15) is 0 Å². The number of allylic oxidation sites excluding steroid dienone is 2. The van der Waals surface area contributed by atoms with Crippen molar-refractivity contribution in [3.8, 4) is 0 Å². The largest absolute Gasteiger partial charge is 0.466 e. The summed E-state index contributed by atoms with van der Waals surface area (Å²) in [4.78, 5) is 13.6. The van der Waals surface area contributed by atoms with E-state index in [2.05, 4.69) is 54.5 Å². The van der Waals surface area contributed by atoms with Crippen LogP contribution in [0.1, 0.15) is 120 Å². The fraction of sp³-hybridized carbons (Fsp3) is 0.906. The molecule has 0 spiro atoms. The molecule has 0 aliphatic heterocycles. The molecule has 0 amide bonds. The predicted octanol–water partition coefficient (Wildman–Crippen LogP) is 7.71. The van der Waals surface area contributed by atoms with Crippen molar-refractivity contribution in [3.63, 3.8) is 0 Å². The Balaban J connectivity index is 1.59. The van der Waals surface area contributed by atoms with Gasteiger partial charge in [-0.25, -0.2) is 0 Å². The molecule has 5 aliphatic rings. The SMILES string of the molecule is CCOC(=O)[C@]12CCC(C)(C)C[C@H]1C1=CCC3[C@@]4(C)CC[C@H](O)C(C)(C)C4CC[C@@]3(C)[C@]1(C)CC2. The molecule has 4 saturated carbocycles. The Bertz CT molecular complexity index is 916. The van der Waals surface area contributed by atoms with E-state index in [1.165, 1.54) is 12.8 Å². The van der Waals surface area contributed by atoms with Gasteiger partial charge in [0.2, 0.25) is 0 Å². The summed E-state index contributed by atoms with van der Waals surface area (Å²) in [7, 11) is 0. The summed E-state index contributed by atoms with van der Waals surface area (Å²) < 4.78 is 5.78. The van der Waals surface area contributed by atoms with Crippen LogP contribution in [0.2, 0.25) is 0 Å². The molecule has 198 valence electrons. The lowest BCUT2D eigenvalue weighted by Gasteiger charge is -2.71. The minimum absolute atomic E-state index is 0.0156. The van der Waals surface area contributed by atoms with Crippen molar-refractivity contribution in [2.45, 2.75) is 126 Å². The number of rotatable bonds is 2. The lowest BCUT2D eigenvalue weighted by Crippen LogP contribution is -2.65. The highest BCUT2D eigenvalue weighted by Crippen LogP contribution is 2.75. The first-order valence-electron chi connectivity index (χ1n) is 14.7. The molecule has 1 N–H and O–H groups in total. The Labute approximate surface area is 214 Å². The molecule has 2 unspecified atom stereocenters. The zero-order chi connectivity index (χ0) is 25.7. The maximum absolute atomic E-state index is 13.6. The summed E-state index contributed by atoms with van der Waals surface area (Å²) in [6.07, 6.45) is 13.4. The molecule has 4 fully saturated rings. The average molecular weight is 485 g/mol. The lowest BCUT2D eigenvalue weighted by molar-refractivity contribution is -0.206. The number of esters is 1. The topological polar surface area (TPSA) is 46.5 Å². The van der Waals surface area contributed by atoms with E-state index in [0.29, 0.717) is 24.4 Å². The quantitative estimate of drug-likeness (QED) is 0.322. The van der Waals surface area contributed by atoms with Gasteiger partial charge >= 0.3 is 5.97 Å². The van der Waals surface area contributed by atoms with Crippen molar-refractivity contribution in [1.29, 1.82) is 0 Å². The fourth-order valence-corrected chi connectivity index (χ4v) is 10.9. The normalized spacial score (nSPS) is 50.0. The highest BCUT2D eigenvalue weighted by Gasteiger charge is 2.69. The Morgan fingerprint density at radius 3 is 2.31 bits per heavy atom. The summed E-state index contributed by atoms with van der Waals surface area (Å²) >= 11 is 0. The molecule has 0 heterocycles. The number of aliphatic hydroxyl groups is 1. The summed E-state index contributed by atoms with van der Waals surface area (Å²) in [6, 6.07) is 0. The Hall–Kier alpha value is -0.830. The average Bonchev–Trinajstić information content (AvgIpc) is 2.77. The first-order valence-corrected chi connectivity index (χ1v) is 14.7. The highest BCUT2D eigenvalue weighted by molar-refractivity contribution is 5.78. The van der Waals surface area contributed by atoms with Gasteiger partial charge in [0.25, 0.3) is 0 Å². The predicted molar refractivity (Wildman–Crippen MR) is 142 cm³/mol. The zero-order valence-corrected chi connectivity index (χ0v) is 23.9. The molecule has 8 atom stereocenters. The van der Waals surface area contributed by atoms with E-state index >= 15 is 0 Å². The van der Waals surface area contributed by atoms with Crippen molar-refractivity contribution in [3.05, 3.63) is 11.6 Å². The van der Waals surface area contributed by atoms with Crippen LogP contribution < -0.4 is 0 Å². The summed E-state index contributed by atoms with van der Waals surface area (Å²) in [5.41, 5.74) is 2.19. The lowest BCUT2D eigenvalue weighted by atomic mass is 9.33. The maximum atomic E-state index is 13.6. The molecule has 0 saturated heterocycles. The summed E-state index contributed by atoms with van der Waals surface area (Å²) in [6.45, 7) is 19.7. The van der Waals surface area contributed by atoms with Crippen LogP contribution in [0.25, 0.3) is 0 Å². The second kappa shape index (κ2) is 7.84. The Morgan fingerprint density at radius 1 is 0.943 bits per heavy atom. The molecule has 3 heteroatoms. The molecular weight excluding hydrogens is 432 g/mol. The number of carbonyl (C=O) groups is 1. The number of hydrogen-bond acceptors (Lipinski definition) is 3.